The van der Waals surface area contributed by atoms with E-state index in [1.807, 2.05) is 12.8 Å². The highest BCUT2D eigenvalue weighted by molar-refractivity contribution is 6.35. The van der Waals surface area contributed by atoms with E-state index < -0.39 is 21.7 Å². The zero-order chi connectivity index (χ0) is 27.4. The van der Waals surface area contributed by atoms with E-state index in [-0.39, 0.29) is 11.4 Å². The Morgan fingerprint density at radius 3 is 1.87 bits per heavy atom. The van der Waals surface area contributed by atoms with E-state index in [0.717, 1.165) is 0 Å². The summed E-state index contributed by atoms with van der Waals surface area (Å²) < 4.78 is 0. The maximum absolute atomic E-state index is 11.6. The molecular weight excluding hydrogens is 570 g/mol. The first-order chi connectivity index (χ1) is 18.1. The number of halogens is 4. The summed E-state index contributed by atoms with van der Waals surface area (Å²) in [5.41, 5.74) is 2.34. The third kappa shape index (κ3) is 6.63. The van der Waals surface area contributed by atoms with Crippen molar-refractivity contribution in [2.45, 2.75) is 11.8 Å². The van der Waals surface area contributed by atoms with Crippen LogP contribution in [-0.4, -0.2) is 9.85 Å². The van der Waals surface area contributed by atoms with Gasteiger partial charge in [0.25, 0.3) is 11.4 Å². The number of rotatable bonds is 9. The largest absolute Gasteiger partial charge is 0.269 e. The van der Waals surface area contributed by atoms with Gasteiger partial charge in [-0.1, -0.05) is 82.8 Å². The van der Waals surface area contributed by atoms with Crippen molar-refractivity contribution in [3.8, 4) is 0 Å². The molecule has 0 amide bonds. The molecule has 0 N–H and O–H groups in total. The lowest BCUT2D eigenvalue weighted by Crippen LogP contribution is -2.15. The van der Waals surface area contributed by atoms with Gasteiger partial charge in [0.05, 0.1) is 9.85 Å². The molecule has 0 saturated carbocycles. The molecule has 0 aliphatic rings. The molecule has 0 bridgehead atoms. The van der Waals surface area contributed by atoms with Gasteiger partial charge in [0.2, 0.25) is 0 Å². The molecule has 0 aliphatic carbocycles. The van der Waals surface area contributed by atoms with Crippen LogP contribution in [0.15, 0.2) is 84.9 Å². The Morgan fingerprint density at radius 2 is 1.24 bits per heavy atom. The highest BCUT2D eigenvalue weighted by Gasteiger charge is 2.30. The van der Waals surface area contributed by atoms with Crippen LogP contribution in [0.4, 0.5) is 11.4 Å². The quantitative estimate of drug-likeness (QED) is 0.144. The summed E-state index contributed by atoms with van der Waals surface area (Å²) in [6.45, 7) is 0. The van der Waals surface area contributed by atoms with E-state index in [4.69, 9.17) is 46.4 Å². The molecule has 38 heavy (non-hydrogen) atoms. The summed E-state index contributed by atoms with van der Waals surface area (Å²) in [5.74, 6) is -1.07. The van der Waals surface area contributed by atoms with E-state index in [1.54, 1.807) is 60.7 Å². The smallest absolute Gasteiger partial charge is 0.258 e. The van der Waals surface area contributed by atoms with E-state index in [0.29, 0.717) is 42.3 Å². The lowest BCUT2D eigenvalue weighted by Gasteiger charge is -2.29. The zero-order valence-electron chi connectivity index (χ0n) is 19.4. The Morgan fingerprint density at radius 1 is 0.632 bits per heavy atom. The Hall–Kier alpha value is -3.16. The van der Waals surface area contributed by atoms with E-state index in [1.165, 1.54) is 24.3 Å². The molecule has 0 spiro atoms. The molecule has 0 heterocycles. The van der Waals surface area contributed by atoms with Crippen molar-refractivity contribution in [2.24, 2.45) is 0 Å². The van der Waals surface area contributed by atoms with Crippen LogP contribution in [0, 0.1) is 33.1 Å². The van der Waals surface area contributed by atoms with Gasteiger partial charge in [-0.15, -0.1) is 0 Å². The van der Waals surface area contributed by atoms with Crippen LogP contribution in [0.3, 0.4) is 0 Å². The van der Waals surface area contributed by atoms with E-state index in [2.05, 4.69) is 0 Å². The van der Waals surface area contributed by atoms with Gasteiger partial charge in [-0.2, -0.15) is 0 Å². The summed E-state index contributed by atoms with van der Waals surface area (Å²) in [7, 11) is 0. The minimum Gasteiger partial charge on any atom is -0.258 e. The molecule has 0 saturated heterocycles. The van der Waals surface area contributed by atoms with Crippen molar-refractivity contribution in [3.63, 3.8) is 0 Å². The third-order valence-corrected chi connectivity index (χ3v) is 7.07. The van der Waals surface area contributed by atoms with Gasteiger partial charge in [-0.25, -0.2) is 0 Å². The molecule has 4 aromatic carbocycles. The van der Waals surface area contributed by atoms with Crippen molar-refractivity contribution in [3.05, 3.63) is 160 Å². The van der Waals surface area contributed by atoms with Crippen LogP contribution in [0.2, 0.25) is 20.1 Å². The topological polar surface area (TPSA) is 86.3 Å². The van der Waals surface area contributed by atoms with Gasteiger partial charge in [-0.3, -0.25) is 20.2 Å². The molecule has 192 valence electrons. The summed E-state index contributed by atoms with van der Waals surface area (Å²) in [6.07, 6.45) is 3.72. The minimum absolute atomic E-state index is 0.0728. The SMILES string of the molecule is O=[N+]([O-])c1cccc([CH][C@H](c2ccc(Cl)cc2Cl)C([CH]c2ccc(Cl)cc2Cl)c2cccc([N+](=O)[O-])c2)c1. The van der Waals surface area contributed by atoms with Gasteiger partial charge in [-0.05, 0) is 58.9 Å². The maximum Gasteiger partial charge on any atom is 0.269 e. The van der Waals surface area contributed by atoms with Crippen molar-refractivity contribution in [1.29, 1.82) is 0 Å². The fourth-order valence-electron chi connectivity index (χ4n) is 4.19. The Bertz CT molecular complexity index is 1510. The number of nitrogens with zero attached hydrogens (tertiary/aromatic N) is 2. The number of hydrogen-bond donors (Lipinski definition) is 0. The first kappa shape index (κ1) is 27.9. The van der Waals surface area contributed by atoms with Crippen LogP contribution in [-0.2, 0) is 0 Å². The number of nitro groups is 2. The van der Waals surface area contributed by atoms with Crippen molar-refractivity contribution in [2.75, 3.05) is 0 Å². The number of benzene rings is 4. The molecule has 1 unspecified atom stereocenters. The average Bonchev–Trinajstić information content (AvgIpc) is 2.87. The predicted octanol–water partition coefficient (Wildman–Crippen LogP) is 9.49. The van der Waals surface area contributed by atoms with Gasteiger partial charge in [0, 0.05) is 56.7 Å². The first-order valence-electron chi connectivity index (χ1n) is 11.2. The summed E-state index contributed by atoms with van der Waals surface area (Å²) in [5, 5.41) is 24.7. The molecule has 2 radical (unpaired) electrons. The van der Waals surface area contributed by atoms with Gasteiger partial charge < -0.3 is 0 Å². The fourth-order valence-corrected chi connectivity index (χ4v) is 5.20. The summed E-state index contributed by atoms with van der Waals surface area (Å²) in [6, 6.07) is 22.6. The number of nitro benzene ring substituents is 2. The van der Waals surface area contributed by atoms with Crippen molar-refractivity contribution in [1.82, 2.24) is 0 Å². The number of hydrogen-bond acceptors (Lipinski definition) is 4. The molecule has 6 nitrogen and oxygen atoms in total. The van der Waals surface area contributed by atoms with Crippen LogP contribution in [0.1, 0.15) is 34.1 Å². The molecule has 0 aliphatic heterocycles. The van der Waals surface area contributed by atoms with Crippen molar-refractivity contribution >= 4 is 57.8 Å². The fraction of sp³-hybridized carbons (Fsp3) is 0.0714. The van der Waals surface area contributed by atoms with E-state index >= 15 is 0 Å². The lowest BCUT2D eigenvalue weighted by atomic mass is 9.75. The highest BCUT2D eigenvalue weighted by atomic mass is 35.5. The lowest BCUT2D eigenvalue weighted by molar-refractivity contribution is -0.385. The molecule has 4 aromatic rings. The van der Waals surface area contributed by atoms with Crippen LogP contribution >= 0.6 is 46.4 Å². The standard InChI is InChI=1S/C28H18Cl4N2O4/c29-20-8-7-19(27(31)15-20)14-25(18-4-2-6-23(13-18)34(37)38)26(24-10-9-21(30)16-28(24)32)12-17-3-1-5-22(11-17)33(35)36/h1-16,25-26H/t25?,26-/m1/s1. The second-order valence-electron chi connectivity index (χ2n) is 8.42. The molecule has 4 rings (SSSR count). The second kappa shape index (κ2) is 12.1. The average molecular weight is 588 g/mol. The normalized spacial score (nSPS) is 12.6. The molecule has 0 fully saturated rings. The van der Waals surface area contributed by atoms with Gasteiger partial charge in [0.15, 0.2) is 0 Å². The van der Waals surface area contributed by atoms with Crippen LogP contribution in [0.25, 0.3) is 0 Å². The van der Waals surface area contributed by atoms with E-state index in [9.17, 15) is 20.2 Å². The van der Waals surface area contributed by atoms with Crippen LogP contribution < -0.4 is 0 Å². The Labute approximate surface area is 239 Å². The Kier molecular flexibility index (Phi) is 8.90. The molecule has 2 atom stereocenters. The maximum atomic E-state index is 11.6. The highest BCUT2D eigenvalue weighted by Crippen LogP contribution is 2.45. The molecule has 10 heteroatoms. The predicted molar refractivity (Wildman–Crippen MR) is 151 cm³/mol. The zero-order valence-corrected chi connectivity index (χ0v) is 22.5. The monoisotopic (exact) mass is 586 g/mol. The van der Waals surface area contributed by atoms with Crippen LogP contribution in [0.5, 0.6) is 0 Å². The Balaban J connectivity index is 1.90. The first-order valence-corrected chi connectivity index (χ1v) is 12.7. The summed E-state index contributed by atoms with van der Waals surface area (Å²) in [4.78, 5) is 22.1. The minimum atomic E-state index is -0.536. The van der Waals surface area contributed by atoms with Gasteiger partial charge >= 0.3 is 0 Å². The second-order valence-corrected chi connectivity index (χ2v) is 10.1. The van der Waals surface area contributed by atoms with Crippen molar-refractivity contribution < 1.29 is 9.85 Å². The summed E-state index contributed by atoms with van der Waals surface area (Å²) >= 11 is 25.4. The van der Waals surface area contributed by atoms with Gasteiger partial charge in [0.1, 0.15) is 0 Å². The number of non-ortho nitro benzene ring substituents is 2. The molecule has 0 aromatic heterocycles. The molecular formula is C28H18Cl4N2O4. The third-order valence-electron chi connectivity index (χ3n) is 5.95.